The number of carboxylic acid groups (broad SMARTS) is 1. The first-order valence-electron chi connectivity index (χ1n) is 3.37. The van der Waals surface area contributed by atoms with Gasteiger partial charge in [-0.15, -0.1) is 4.74 Å². The second kappa shape index (κ2) is 3.27. The van der Waals surface area contributed by atoms with Crippen LogP contribution in [0.1, 0.15) is 0 Å². The minimum absolute atomic E-state index is 0.271. The zero-order valence-electron chi connectivity index (χ0n) is 6.52. The van der Waals surface area contributed by atoms with E-state index < -0.39 is 23.5 Å². The van der Waals surface area contributed by atoms with Crippen molar-refractivity contribution in [3.63, 3.8) is 0 Å². The fraction of sp³-hybridized carbons (Fsp3) is 0.400. The predicted molar refractivity (Wildman–Crippen MR) is 37.9 cm³/mol. The van der Waals surface area contributed by atoms with Crippen molar-refractivity contribution in [1.82, 2.24) is 9.72 Å². The highest BCUT2D eigenvalue weighted by atomic mass is 16.5. The lowest BCUT2D eigenvalue weighted by molar-refractivity contribution is -0.412. The van der Waals surface area contributed by atoms with Crippen molar-refractivity contribution in [3.8, 4) is 0 Å². The second-order valence-corrected chi connectivity index (χ2v) is 2.41. The molecule has 0 saturated carbocycles. The number of aliphatic carboxylic acids is 1. The Kier molecular flexibility index (Phi) is 2.33. The molecule has 8 heteroatoms. The molecule has 8 nitrogen and oxygen atoms in total. The third-order valence-electron chi connectivity index (χ3n) is 1.36. The van der Waals surface area contributed by atoms with Crippen molar-refractivity contribution in [2.24, 2.45) is 0 Å². The molecule has 0 fully saturated rings. The van der Waals surface area contributed by atoms with Crippen LogP contribution < -0.4 is 17.2 Å². The van der Waals surface area contributed by atoms with Crippen LogP contribution in [0.2, 0.25) is 0 Å². The molecule has 1 heterocycles. The van der Waals surface area contributed by atoms with Crippen molar-refractivity contribution in [3.05, 3.63) is 21.0 Å². The Balaban J connectivity index is 2.86. The van der Waals surface area contributed by atoms with Crippen LogP contribution >= 0.6 is 0 Å². The van der Waals surface area contributed by atoms with Gasteiger partial charge in [0, 0.05) is 0 Å². The van der Waals surface area contributed by atoms with Gasteiger partial charge in [-0.1, -0.05) is 0 Å². The lowest BCUT2D eigenvalue weighted by Crippen LogP contribution is -2.67. The van der Waals surface area contributed by atoms with Gasteiger partial charge >= 0.3 is 17.4 Å². The number of nitrogens with one attached hydrogen (secondary N) is 1. The molecule has 13 heavy (non-hydrogen) atoms. The number of aromatic amines is 1. The summed E-state index contributed by atoms with van der Waals surface area (Å²) in [6, 6.07) is -1.03. The van der Waals surface area contributed by atoms with E-state index in [1.54, 1.807) is 0 Å². The standard InChI is InChI=1S/C5H7N3O5/c6-2(3(9)10)1-8-4(11)7-5(12)13-8/h2H,1,6H2,(H,9,10)(H,7,11,12)/p+1. The number of hydrogen-bond donors (Lipinski definition) is 3. The average molecular weight is 190 g/mol. The number of H-pyrrole nitrogens is 1. The summed E-state index contributed by atoms with van der Waals surface area (Å²) in [5, 5.41) is 8.43. The van der Waals surface area contributed by atoms with Crippen LogP contribution in [0.3, 0.4) is 0 Å². The van der Waals surface area contributed by atoms with E-state index in [4.69, 9.17) is 5.11 Å². The van der Waals surface area contributed by atoms with Gasteiger partial charge in [0.25, 0.3) is 0 Å². The molecule has 1 aromatic heterocycles. The number of quaternary nitrogens is 1. The quantitative estimate of drug-likeness (QED) is 0.462. The van der Waals surface area contributed by atoms with E-state index in [0.717, 1.165) is 0 Å². The van der Waals surface area contributed by atoms with Crippen LogP contribution in [0.5, 0.6) is 0 Å². The highest BCUT2D eigenvalue weighted by Crippen LogP contribution is 1.80. The Morgan fingerprint density at radius 2 is 2.31 bits per heavy atom. The zero-order chi connectivity index (χ0) is 10.0. The van der Waals surface area contributed by atoms with E-state index in [2.05, 4.69) is 10.3 Å². The molecule has 0 amide bonds. The van der Waals surface area contributed by atoms with E-state index in [1.807, 2.05) is 4.98 Å². The normalized spacial score (nSPS) is 12.7. The first-order chi connectivity index (χ1) is 6.00. The highest BCUT2D eigenvalue weighted by molar-refractivity contribution is 5.71. The molecule has 72 valence electrons. The fourth-order valence-corrected chi connectivity index (χ4v) is 0.712. The average Bonchev–Trinajstić information content (AvgIpc) is 2.30. The summed E-state index contributed by atoms with van der Waals surface area (Å²) >= 11 is 0. The Labute approximate surface area is 70.5 Å². The number of nitrogens with zero attached hydrogens (tertiary/aromatic N) is 1. The van der Waals surface area contributed by atoms with Gasteiger partial charge in [-0.2, -0.15) is 0 Å². The SMILES string of the molecule is [NH3+]C(Cn1oc(=O)[nH]c1=O)C(=O)O. The van der Waals surface area contributed by atoms with Gasteiger partial charge in [-0.3, -0.25) is 0 Å². The van der Waals surface area contributed by atoms with Crippen LogP contribution in [0.25, 0.3) is 0 Å². The molecule has 0 aromatic carbocycles. The number of carbonyl (C=O) groups is 1. The van der Waals surface area contributed by atoms with E-state index >= 15 is 0 Å². The first kappa shape index (κ1) is 9.26. The van der Waals surface area contributed by atoms with E-state index in [9.17, 15) is 14.4 Å². The highest BCUT2D eigenvalue weighted by Gasteiger charge is 2.18. The van der Waals surface area contributed by atoms with Crippen molar-refractivity contribution in [2.45, 2.75) is 12.6 Å². The second-order valence-electron chi connectivity index (χ2n) is 2.41. The molecule has 1 rings (SSSR count). The van der Waals surface area contributed by atoms with Crippen molar-refractivity contribution in [1.29, 1.82) is 0 Å². The van der Waals surface area contributed by atoms with E-state index in [0.29, 0.717) is 4.74 Å². The summed E-state index contributed by atoms with van der Waals surface area (Å²) in [5.74, 6) is -2.08. The lowest BCUT2D eigenvalue weighted by Gasteiger charge is -1.99. The van der Waals surface area contributed by atoms with Gasteiger partial charge in [0.1, 0.15) is 6.54 Å². The van der Waals surface area contributed by atoms with E-state index in [1.165, 1.54) is 0 Å². The van der Waals surface area contributed by atoms with Crippen LogP contribution in [-0.4, -0.2) is 26.8 Å². The number of hydrogen-bond acceptors (Lipinski definition) is 4. The van der Waals surface area contributed by atoms with Gasteiger partial charge in [-0.05, 0) is 0 Å². The summed E-state index contributed by atoms with van der Waals surface area (Å²) in [5.41, 5.74) is 2.47. The molecule has 5 N–H and O–H groups in total. The van der Waals surface area contributed by atoms with Crippen LogP contribution in [-0.2, 0) is 11.3 Å². The summed E-state index contributed by atoms with van der Waals surface area (Å²) in [7, 11) is 0. The van der Waals surface area contributed by atoms with Crippen LogP contribution in [0, 0.1) is 0 Å². The van der Waals surface area contributed by atoms with Gasteiger partial charge in [0.15, 0.2) is 0 Å². The maximum absolute atomic E-state index is 10.8. The molecule has 1 unspecified atom stereocenters. The molecular formula is C5H8N3O5+. The fourth-order valence-electron chi connectivity index (χ4n) is 0.712. The third-order valence-corrected chi connectivity index (χ3v) is 1.36. The van der Waals surface area contributed by atoms with Crippen molar-refractivity contribution >= 4 is 5.97 Å². The van der Waals surface area contributed by atoms with E-state index in [-0.39, 0.29) is 6.54 Å². The Morgan fingerprint density at radius 1 is 1.69 bits per heavy atom. The monoisotopic (exact) mass is 190 g/mol. The topological polar surface area (TPSA) is 133 Å². The third kappa shape index (κ3) is 2.06. The van der Waals surface area contributed by atoms with Gasteiger partial charge in [0.2, 0.25) is 6.04 Å². The summed E-state index contributed by atoms with van der Waals surface area (Å²) in [4.78, 5) is 33.4. The van der Waals surface area contributed by atoms with Crippen molar-refractivity contribution in [2.75, 3.05) is 0 Å². The number of rotatable bonds is 3. The molecule has 0 aliphatic heterocycles. The Morgan fingerprint density at radius 3 is 2.69 bits per heavy atom. The molecule has 0 radical (unpaired) electrons. The summed E-state index contributed by atoms with van der Waals surface area (Å²) in [6.07, 6.45) is 0. The summed E-state index contributed by atoms with van der Waals surface area (Å²) in [6.45, 7) is -0.271. The number of aromatic nitrogens is 2. The molecule has 0 bridgehead atoms. The van der Waals surface area contributed by atoms with Gasteiger partial charge < -0.3 is 15.4 Å². The van der Waals surface area contributed by atoms with Crippen LogP contribution in [0.15, 0.2) is 14.1 Å². The Bertz CT molecular complexity index is 412. The first-order valence-corrected chi connectivity index (χ1v) is 3.37. The maximum atomic E-state index is 10.8. The molecule has 0 aliphatic rings. The van der Waals surface area contributed by atoms with Crippen LogP contribution in [0.4, 0.5) is 0 Å². The van der Waals surface area contributed by atoms with Gasteiger partial charge in [-0.25, -0.2) is 19.4 Å². The minimum Gasteiger partial charge on any atom is -0.477 e. The molecule has 0 aliphatic carbocycles. The largest absolute Gasteiger partial charge is 0.477 e. The molecule has 0 spiro atoms. The lowest BCUT2D eigenvalue weighted by atomic mass is 10.3. The molecular weight excluding hydrogens is 182 g/mol. The number of carboxylic acids is 1. The predicted octanol–water partition coefficient (Wildman–Crippen LogP) is -3.18. The minimum atomic E-state index is -1.17. The smallest absolute Gasteiger partial charge is 0.440 e. The molecule has 1 aromatic rings. The zero-order valence-corrected chi connectivity index (χ0v) is 6.52. The molecule has 0 saturated heterocycles. The summed E-state index contributed by atoms with van der Waals surface area (Å²) < 4.78 is 4.94. The van der Waals surface area contributed by atoms with Crippen molar-refractivity contribution < 1.29 is 20.2 Å². The molecule has 1 atom stereocenters. The van der Waals surface area contributed by atoms with Gasteiger partial charge in [0.05, 0.1) is 0 Å². The Hall–Kier alpha value is -1.83. The maximum Gasteiger partial charge on any atom is 0.440 e.